The van der Waals surface area contributed by atoms with E-state index in [2.05, 4.69) is 16.0 Å². The first-order chi connectivity index (χ1) is 8.61. The lowest BCUT2D eigenvalue weighted by Crippen LogP contribution is -2.37. The highest BCUT2D eigenvalue weighted by molar-refractivity contribution is 5.80. The van der Waals surface area contributed by atoms with E-state index in [1.54, 1.807) is 7.11 Å². The van der Waals surface area contributed by atoms with E-state index in [-0.39, 0.29) is 17.7 Å². The fourth-order valence-corrected chi connectivity index (χ4v) is 1.31. The zero-order valence-electron chi connectivity index (χ0n) is 11.5. The van der Waals surface area contributed by atoms with Crippen LogP contribution in [-0.2, 0) is 14.3 Å². The van der Waals surface area contributed by atoms with Gasteiger partial charge in [0.1, 0.15) is 0 Å². The normalized spacial score (nSPS) is 11.9. The van der Waals surface area contributed by atoms with Crippen molar-refractivity contribution in [2.75, 3.05) is 39.9 Å². The number of hydrogen-bond donors (Lipinski definition) is 3. The molecule has 1 atom stereocenters. The van der Waals surface area contributed by atoms with Crippen molar-refractivity contribution >= 4 is 11.8 Å². The monoisotopic (exact) mass is 259 g/mol. The molecule has 0 radical (unpaired) electrons. The number of hydrogen-bond acceptors (Lipinski definition) is 4. The molecule has 0 aromatic carbocycles. The Bertz CT molecular complexity index is 247. The second-order valence-electron chi connectivity index (χ2n) is 4.09. The third-order valence-corrected chi connectivity index (χ3v) is 2.43. The minimum Gasteiger partial charge on any atom is -0.383 e. The molecule has 0 aliphatic carbocycles. The molecule has 1 unspecified atom stereocenters. The molecular weight excluding hydrogens is 234 g/mol. The van der Waals surface area contributed by atoms with Gasteiger partial charge in [-0.2, -0.15) is 0 Å². The summed E-state index contributed by atoms with van der Waals surface area (Å²) in [6, 6.07) is 0. The van der Waals surface area contributed by atoms with Gasteiger partial charge in [-0.05, 0) is 6.54 Å². The van der Waals surface area contributed by atoms with Gasteiger partial charge in [-0.25, -0.2) is 0 Å². The van der Waals surface area contributed by atoms with Gasteiger partial charge in [0.25, 0.3) is 0 Å². The van der Waals surface area contributed by atoms with Crippen molar-refractivity contribution in [2.45, 2.75) is 20.3 Å². The van der Waals surface area contributed by atoms with E-state index < -0.39 is 0 Å². The molecule has 18 heavy (non-hydrogen) atoms. The van der Waals surface area contributed by atoms with E-state index in [1.165, 1.54) is 0 Å². The van der Waals surface area contributed by atoms with Crippen LogP contribution in [0.2, 0.25) is 0 Å². The molecule has 6 heteroatoms. The summed E-state index contributed by atoms with van der Waals surface area (Å²) in [6.45, 7) is 6.72. The average Bonchev–Trinajstić information content (AvgIpc) is 2.36. The fraction of sp³-hybridized carbons (Fsp3) is 0.833. The van der Waals surface area contributed by atoms with Crippen LogP contribution in [0.5, 0.6) is 0 Å². The summed E-state index contributed by atoms with van der Waals surface area (Å²) in [4.78, 5) is 22.9. The van der Waals surface area contributed by atoms with Gasteiger partial charge < -0.3 is 20.7 Å². The van der Waals surface area contributed by atoms with E-state index in [1.807, 2.05) is 13.8 Å². The highest BCUT2D eigenvalue weighted by Crippen LogP contribution is 1.92. The number of rotatable bonds is 10. The minimum atomic E-state index is -0.0819. The smallest absolute Gasteiger partial charge is 0.224 e. The van der Waals surface area contributed by atoms with Crippen molar-refractivity contribution in [1.82, 2.24) is 16.0 Å². The second-order valence-corrected chi connectivity index (χ2v) is 4.09. The third kappa shape index (κ3) is 8.95. The van der Waals surface area contributed by atoms with Crippen LogP contribution >= 0.6 is 0 Å². The van der Waals surface area contributed by atoms with E-state index in [9.17, 15) is 9.59 Å². The topological polar surface area (TPSA) is 79.5 Å². The Labute approximate surface area is 109 Å². The maximum absolute atomic E-state index is 11.6. The van der Waals surface area contributed by atoms with Gasteiger partial charge in [-0.3, -0.25) is 9.59 Å². The molecular formula is C12H25N3O3. The molecule has 0 spiro atoms. The Morgan fingerprint density at radius 1 is 1.22 bits per heavy atom. The van der Waals surface area contributed by atoms with Crippen LogP contribution in [0.25, 0.3) is 0 Å². The Kier molecular flexibility index (Phi) is 10.3. The number of nitrogens with one attached hydrogen (secondary N) is 3. The molecule has 0 aliphatic rings. The number of methoxy groups -OCH3 is 1. The minimum absolute atomic E-state index is 0.0272. The van der Waals surface area contributed by atoms with Crippen LogP contribution in [0.4, 0.5) is 0 Å². The summed E-state index contributed by atoms with van der Waals surface area (Å²) in [5.74, 6) is -0.186. The summed E-state index contributed by atoms with van der Waals surface area (Å²) >= 11 is 0. The molecule has 0 aliphatic heterocycles. The molecule has 106 valence electrons. The fourth-order valence-electron chi connectivity index (χ4n) is 1.31. The lowest BCUT2D eigenvalue weighted by Gasteiger charge is -2.12. The van der Waals surface area contributed by atoms with Gasteiger partial charge in [0.05, 0.1) is 6.61 Å². The molecule has 0 aromatic rings. The Morgan fingerprint density at radius 3 is 2.56 bits per heavy atom. The summed E-state index contributed by atoms with van der Waals surface area (Å²) in [6.07, 6.45) is 0.295. The van der Waals surface area contributed by atoms with Crippen LogP contribution in [0, 0.1) is 5.92 Å². The van der Waals surface area contributed by atoms with Crippen LogP contribution in [0.3, 0.4) is 0 Å². The van der Waals surface area contributed by atoms with Gasteiger partial charge in [0.15, 0.2) is 0 Å². The van der Waals surface area contributed by atoms with Gasteiger partial charge in [-0.15, -0.1) is 0 Å². The number of carbonyl (C=O) groups excluding carboxylic acids is 2. The average molecular weight is 259 g/mol. The zero-order valence-corrected chi connectivity index (χ0v) is 11.5. The zero-order chi connectivity index (χ0) is 13.8. The lowest BCUT2D eigenvalue weighted by molar-refractivity contribution is -0.124. The number of ether oxygens (including phenoxy) is 1. The lowest BCUT2D eigenvalue weighted by atomic mass is 10.1. The molecule has 0 bridgehead atoms. The Hall–Kier alpha value is -1.14. The van der Waals surface area contributed by atoms with E-state index in [0.717, 1.165) is 6.54 Å². The van der Waals surface area contributed by atoms with Crippen molar-refractivity contribution in [1.29, 1.82) is 0 Å². The number of carbonyl (C=O) groups is 2. The van der Waals surface area contributed by atoms with Gasteiger partial charge in [0, 0.05) is 39.1 Å². The van der Waals surface area contributed by atoms with Crippen molar-refractivity contribution in [3.8, 4) is 0 Å². The summed E-state index contributed by atoms with van der Waals surface area (Å²) in [5, 5.41) is 8.54. The second kappa shape index (κ2) is 11.0. The maximum Gasteiger partial charge on any atom is 0.224 e. The van der Waals surface area contributed by atoms with E-state index >= 15 is 0 Å². The van der Waals surface area contributed by atoms with Crippen LogP contribution in [0.15, 0.2) is 0 Å². The highest BCUT2D eigenvalue weighted by atomic mass is 16.5. The molecule has 0 fully saturated rings. The Balaban J connectivity index is 3.57. The molecule has 0 saturated heterocycles. The predicted molar refractivity (Wildman–Crippen MR) is 70.2 cm³/mol. The highest BCUT2D eigenvalue weighted by Gasteiger charge is 2.11. The number of amides is 2. The van der Waals surface area contributed by atoms with E-state index in [4.69, 9.17) is 4.74 Å². The predicted octanol–water partition coefficient (Wildman–Crippen LogP) is -0.499. The first-order valence-electron chi connectivity index (χ1n) is 6.35. The molecule has 6 nitrogen and oxygen atoms in total. The standard InChI is InChI=1S/C12H25N3O3/c1-4-13-9-10(2)12(17)15-6-5-11(16)14-7-8-18-3/h10,13H,4-9H2,1-3H3,(H,14,16)(H,15,17). The SMILES string of the molecule is CCNCC(C)C(=O)NCCC(=O)NCCOC. The van der Waals surface area contributed by atoms with Crippen molar-refractivity contribution in [2.24, 2.45) is 5.92 Å². The van der Waals surface area contributed by atoms with Crippen molar-refractivity contribution in [3.63, 3.8) is 0 Å². The molecule has 2 amide bonds. The molecule has 3 N–H and O–H groups in total. The van der Waals surface area contributed by atoms with Gasteiger partial charge in [-0.1, -0.05) is 13.8 Å². The van der Waals surface area contributed by atoms with Crippen LogP contribution in [0.1, 0.15) is 20.3 Å². The molecule has 0 heterocycles. The van der Waals surface area contributed by atoms with Crippen LogP contribution in [-0.4, -0.2) is 51.7 Å². The Morgan fingerprint density at radius 2 is 1.94 bits per heavy atom. The largest absolute Gasteiger partial charge is 0.383 e. The molecule has 0 saturated carbocycles. The molecule has 0 rings (SSSR count). The summed E-state index contributed by atoms with van der Waals surface area (Å²) in [5.41, 5.74) is 0. The van der Waals surface area contributed by atoms with Gasteiger partial charge in [0.2, 0.25) is 11.8 Å². The van der Waals surface area contributed by atoms with Gasteiger partial charge >= 0.3 is 0 Å². The maximum atomic E-state index is 11.6. The van der Waals surface area contributed by atoms with Crippen LogP contribution < -0.4 is 16.0 Å². The summed E-state index contributed by atoms with van der Waals surface area (Å²) in [7, 11) is 1.58. The van der Waals surface area contributed by atoms with Crippen molar-refractivity contribution in [3.05, 3.63) is 0 Å². The molecule has 0 aromatic heterocycles. The third-order valence-electron chi connectivity index (χ3n) is 2.43. The van der Waals surface area contributed by atoms with E-state index in [0.29, 0.717) is 32.7 Å². The van der Waals surface area contributed by atoms with Crippen molar-refractivity contribution < 1.29 is 14.3 Å². The quantitative estimate of drug-likeness (QED) is 0.462. The summed E-state index contributed by atoms with van der Waals surface area (Å²) < 4.78 is 4.81. The first kappa shape index (κ1) is 16.9. The first-order valence-corrected chi connectivity index (χ1v) is 6.35.